The predicted octanol–water partition coefficient (Wildman–Crippen LogP) is 5.47. The molecule has 3 aromatic carbocycles. The van der Waals surface area contributed by atoms with E-state index in [2.05, 4.69) is 54.6 Å². The number of hydrogen-bond donors (Lipinski definition) is 0. The van der Waals surface area contributed by atoms with Crippen LogP contribution < -0.4 is 14.2 Å². The Kier molecular flexibility index (Phi) is 7.57. The van der Waals surface area contributed by atoms with Gasteiger partial charge in [0, 0.05) is 11.1 Å². The lowest BCUT2D eigenvalue weighted by Gasteiger charge is -2.19. The molecule has 0 aliphatic carbocycles. The molecule has 0 unspecified atom stereocenters. The fourth-order valence-corrected chi connectivity index (χ4v) is 3.67. The van der Waals surface area contributed by atoms with Crippen molar-refractivity contribution >= 4 is 0 Å². The van der Waals surface area contributed by atoms with Crippen molar-refractivity contribution in [2.75, 3.05) is 21.3 Å². The van der Waals surface area contributed by atoms with Gasteiger partial charge in [-0.1, -0.05) is 60.7 Å². The Morgan fingerprint density at radius 3 is 1.55 bits per heavy atom. The highest BCUT2D eigenvalue weighted by atomic mass is 16.5. The molecule has 0 saturated carbocycles. The lowest BCUT2D eigenvalue weighted by molar-refractivity contribution is 0.319. The van der Waals surface area contributed by atoms with E-state index in [0.717, 1.165) is 49.0 Å². The molecular weight excluding hydrogens is 360 g/mol. The van der Waals surface area contributed by atoms with Crippen molar-refractivity contribution in [3.8, 4) is 17.2 Å². The summed E-state index contributed by atoms with van der Waals surface area (Å²) in [4.78, 5) is 0. The highest BCUT2D eigenvalue weighted by Gasteiger charge is 2.21. The molecule has 0 aliphatic heterocycles. The number of ether oxygens (including phenoxy) is 3. The van der Waals surface area contributed by atoms with E-state index >= 15 is 0 Å². The van der Waals surface area contributed by atoms with E-state index in [4.69, 9.17) is 14.2 Å². The van der Waals surface area contributed by atoms with Crippen LogP contribution in [0.2, 0.25) is 0 Å². The van der Waals surface area contributed by atoms with Crippen LogP contribution in [-0.4, -0.2) is 21.3 Å². The van der Waals surface area contributed by atoms with Gasteiger partial charge in [0.05, 0.1) is 21.3 Å². The van der Waals surface area contributed by atoms with Gasteiger partial charge in [-0.15, -0.1) is 0 Å². The Morgan fingerprint density at radius 2 is 1.03 bits per heavy atom. The van der Waals surface area contributed by atoms with Gasteiger partial charge in [0.25, 0.3) is 0 Å². The van der Waals surface area contributed by atoms with Gasteiger partial charge in [-0.05, 0) is 49.3 Å². The standard InChI is InChI=1S/C26H29O3/c1-27-24-22(16-10-15-20-11-6-4-7-12-20)19-23(25(28-2)26(24)29-3)18-17-21-13-8-5-9-14-21/h4-9,11-14H,10,15-18H2,1-3H3. The molecule has 0 amide bonds. The zero-order chi connectivity index (χ0) is 20.5. The van der Waals surface area contributed by atoms with Crippen LogP contribution in [0.15, 0.2) is 60.7 Å². The summed E-state index contributed by atoms with van der Waals surface area (Å²) in [5, 5.41) is 0. The molecule has 151 valence electrons. The van der Waals surface area contributed by atoms with Crippen molar-refractivity contribution in [3.05, 3.63) is 89.0 Å². The Bertz CT molecular complexity index is 889. The van der Waals surface area contributed by atoms with Crippen LogP contribution >= 0.6 is 0 Å². The Labute approximate surface area is 174 Å². The van der Waals surface area contributed by atoms with Gasteiger partial charge >= 0.3 is 0 Å². The van der Waals surface area contributed by atoms with Gasteiger partial charge in [-0.3, -0.25) is 0 Å². The molecule has 3 aromatic rings. The fourth-order valence-electron chi connectivity index (χ4n) is 3.67. The van der Waals surface area contributed by atoms with Crippen molar-refractivity contribution in [1.82, 2.24) is 0 Å². The maximum absolute atomic E-state index is 5.69. The van der Waals surface area contributed by atoms with Crippen LogP contribution in [0.5, 0.6) is 17.2 Å². The van der Waals surface area contributed by atoms with Crippen LogP contribution in [-0.2, 0) is 25.7 Å². The minimum absolute atomic E-state index is 0.659. The summed E-state index contributed by atoms with van der Waals surface area (Å²) in [5.41, 5.74) is 4.72. The van der Waals surface area contributed by atoms with E-state index in [1.807, 2.05) is 12.1 Å². The molecule has 0 heterocycles. The predicted molar refractivity (Wildman–Crippen MR) is 117 cm³/mol. The normalized spacial score (nSPS) is 10.6. The summed E-state index contributed by atoms with van der Waals surface area (Å²) in [7, 11) is 5.01. The maximum Gasteiger partial charge on any atom is 0.203 e. The third-order valence-corrected chi connectivity index (χ3v) is 5.12. The van der Waals surface area contributed by atoms with Crippen molar-refractivity contribution < 1.29 is 14.2 Å². The van der Waals surface area contributed by atoms with Crippen LogP contribution in [0, 0.1) is 6.07 Å². The van der Waals surface area contributed by atoms with Gasteiger partial charge < -0.3 is 14.2 Å². The van der Waals surface area contributed by atoms with Gasteiger partial charge in [0.15, 0.2) is 11.5 Å². The lowest BCUT2D eigenvalue weighted by Crippen LogP contribution is -2.05. The molecule has 0 aromatic heterocycles. The number of aryl methyl sites for hydroxylation is 4. The molecule has 0 spiro atoms. The van der Waals surface area contributed by atoms with Crippen LogP contribution in [0.25, 0.3) is 0 Å². The second-order valence-electron chi connectivity index (χ2n) is 7.01. The Morgan fingerprint density at radius 1 is 0.552 bits per heavy atom. The molecule has 0 saturated heterocycles. The molecule has 0 fully saturated rings. The lowest BCUT2D eigenvalue weighted by atomic mass is 9.97. The molecule has 0 atom stereocenters. The molecular formula is C26H29O3. The Balaban J connectivity index is 1.83. The average molecular weight is 390 g/mol. The third kappa shape index (κ3) is 5.32. The van der Waals surface area contributed by atoms with Gasteiger partial charge in [0.2, 0.25) is 5.75 Å². The largest absolute Gasteiger partial charge is 0.492 e. The first-order valence-corrected chi connectivity index (χ1v) is 10.1. The molecule has 3 rings (SSSR count). The second-order valence-corrected chi connectivity index (χ2v) is 7.01. The Hall–Kier alpha value is -2.94. The summed E-state index contributed by atoms with van der Waals surface area (Å²) in [5.74, 6) is 2.10. The van der Waals surface area contributed by atoms with E-state index in [1.165, 1.54) is 11.1 Å². The molecule has 29 heavy (non-hydrogen) atoms. The number of hydrogen-bond acceptors (Lipinski definition) is 3. The molecule has 0 bridgehead atoms. The highest BCUT2D eigenvalue weighted by molar-refractivity contribution is 5.59. The first kappa shape index (κ1) is 20.8. The fraction of sp³-hybridized carbons (Fsp3) is 0.308. The number of methoxy groups -OCH3 is 3. The summed E-state index contributed by atoms with van der Waals surface area (Å²) >= 11 is 0. The zero-order valence-corrected chi connectivity index (χ0v) is 17.5. The maximum atomic E-state index is 5.69. The van der Waals surface area contributed by atoms with E-state index in [9.17, 15) is 0 Å². The SMILES string of the molecule is COc1c(CCCc2ccccc2)[c]c(CCc2ccccc2)c(OC)c1OC. The zero-order valence-electron chi connectivity index (χ0n) is 17.5. The first-order valence-electron chi connectivity index (χ1n) is 10.1. The van der Waals surface area contributed by atoms with Crippen molar-refractivity contribution in [2.24, 2.45) is 0 Å². The van der Waals surface area contributed by atoms with Crippen molar-refractivity contribution in [1.29, 1.82) is 0 Å². The third-order valence-electron chi connectivity index (χ3n) is 5.12. The van der Waals surface area contributed by atoms with E-state index in [-0.39, 0.29) is 0 Å². The van der Waals surface area contributed by atoms with Crippen LogP contribution in [0.3, 0.4) is 0 Å². The molecule has 3 nitrogen and oxygen atoms in total. The number of rotatable bonds is 10. The average Bonchev–Trinajstić information content (AvgIpc) is 2.78. The smallest absolute Gasteiger partial charge is 0.203 e. The summed E-state index contributed by atoms with van der Waals surface area (Å²) < 4.78 is 17.1. The molecule has 3 heteroatoms. The molecule has 0 aliphatic rings. The summed E-state index contributed by atoms with van der Waals surface area (Å²) in [6.07, 6.45) is 4.67. The monoisotopic (exact) mass is 389 g/mol. The molecule has 0 N–H and O–H groups in total. The van der Waals surface area contributed by atoms with Crippen LogP contribution in [0.4, 0.5) is 0 Å². The number of benzene rings is 3. The quantitative estimate of drug-likeness (QED) is 0.460. The van der Waals surface area contributed by atoms with Crippen LogP contribution in [0.1, 0.15) is 28.7 Å². The highest BCUT2D eigenvalue weighted by Crippen LogP contribution is 2.43. The van der Waals surface area contributed by atoms with E-state index in [1.54, 1.807) is 21.3 Å². The summed E-state index contributed by atoms with van der Waals surface area (Å²) in [6.45, 7) is 0. The summed E-state index contributed by atoms with van der Waals surface area (Å²) in [6, 6.07) is 24.6. The minimum Gasteiger partial charge on any atom is -0.492 e. The van der Waals surface area contributed by atoms with Gasteiger partial charge in [0.1, 0.15) is 0 Å². The first-order chi connectivity index (χ1) is 14.3. The molecule has 1 radical (unpaired) electrons. The minimum atomic E-state index is 0.659. The van der Waals surface area contributed by atoms with Crippen molar-refractivity contribution in [2.45, 2.75) is 32.1 Å². The van der Waals surface area contributed by atoms with Crippen molar-refractivity contribution in [3.63, 3.8) is 0 Å². The van der Waals surface area contributed by atoms with E-state index in [0.29, 0.717) is 11.5 Å². The van der Waals surface area contributed by atoms with E-state index < -0.39 is 0 Å². The van der Waals surface area contributed by atoms with Gasteiger partial charge in [-0.2, -0.15) is 0 Å². The topological polar surface area (TPSA) is 27.7 Å². The van der Waals surface area contributed by atoms with Gasteiger partial charge in [-0.25, -0.2) is 0 Å². The second kappa shape index (κ2) is 10.6.